The van der Waals surface area contributed by atoms with Crippen molar-refractivity contribution in [3.05, 3.63) is 42.9 Å². The Kier molecular flexibility index (Phi) is 7.18. The molecule has 0 atom stereocenters. The molecular weight excluding hydrogens is 408 g/mol. The average molecular weight is 439 g/mol. The van der Waals surface area contributed by atoms with Crippen molar-refractivity contribution in [1.29, 1.82) is 0 Å². The van der Waals surface area contributed by atoms with Crippen LogP contribution in [0.1, 0.15) is 32.1 Å². The number of aromatic nitrogens is 4. The average Bonchev–Trinajstić information content (AvgIpc) is 3.24. The molecule has 2 aromatic heterocycles. The first kappa shape index (κ1) is 22.0. The summed E-state index contributed by atoms with van der Waals surface area (Å²) < 4.78 is 7.59. The van der Waals surface area contributed by atoms with Gasteiger partial charge in [-0.05, 0) is 31.4 Å². The molecule has 9 nitrogen and oxygen atoms in total. The second-order valence-corrected chi connectivity index (χ2v) is 8.01. The van der Waals surface area contributed by atoms with Gasteiger partial charge in [-0.25, -0.2) is 15.0 Å². The topological polar surface area (TPSA) is 109 Å². The van der Waals surface area contributed by atoms with Crippen LogP contribution in [0.2, 0.25) is 0 Å². The molecule has 1 aliphatic heterocycles. The molecule has 0 aliphatic carbocycles. The van der Waals surface area contributed by atoms with Crippen LogP contribution < -0.4 is 10.4 Å². The summed E-state index contributed by atoms with van der Waals surface area (Å²) in [6, 6.07) is 7.02. The Morgan fingerprint density at radius 1 is 1.12 bits per heavy atom. The van der Waals surface area contributed by atoms with E-state index in [2.05, 4.69) is 26.5 Å². The summed E-state index contributed by atoms with van der Waals surface area (Å²) in [7, 11) is 0. The number of aryl methyl sites for hydroxylation is 1. The number of aromatic hydroxyl groups is 1. The quantitative estimate of drug-likeness (QED) is 0.326. The van der Waals surface area contributed by atoms with Gasteiger partial charge in [-0.1, -0.05) is 31.6 Å². The number of nitrogens with one attached hydrogen (secondary N) is 1. The Morgan fingerprint density at radius 2 is 1.94 bits per heavy atom. The third-order valence-electron chi connectivity index (χ3n) is 5.65. The molecule has 4 rings (SSSR count). The number of morpholine rings is 1. The van der Waals surface area contributed by atoms with Crippen LogP contribution in [-0.4, -0.2) is 56.1 Å². The van der Waals surface area contributed by atoms with E-state index in [4.69, 9.17) is 19.9 Å². The number of ether oxygens (including phenoxy) is 1. The van der Waals surface area contributed by atoms with E-state index in [0.29, 0.717) is 24.7 Å². The molecule has 9 heteroatoms. The van der Waals surface area contributed by atoms with E-state index in [-0.39, 0.29) is 5.75 Å². The van der Waals surface area contributed by atoms with Crippen LogP contribution in [0.25, 0.3) is 22.6 Å². The van der Waals surface area contributed by atoms with Crippen molar-refractivity contribution in [3.8, 4) is 17.1 Å². The van der Waals surface area contributed by atoms with Gasteiger partial charge >= 0.3 is 0 Å². The SMILES string of the molecule is C=C(CCCCCCn1cnc2c(N3CCOCC3)nc(-c3cccc(O)c3)nc21)NO. The van der Waals surface area contributed by atoms with Crippen molar-refractivity contribution < 1.29 is 15.1 Å². The summed E-state index contributed by atoms with van der Waals surface area (Å²) in [6.45, 7) is 7.38. The summed E-state index contributed by atoms with van der Waals surface area (Å²) in [5, 5.41) is 18.7. The molecular formula is C23H30N6O3. The summed E-state index contributed by atoms with van der Waals surface area (Å²) in [6.07, 6.45) is 6.74. The maximum atomic E-state index is 9.93. The van der Waals surface area contributed by atoms with Gasteiger partial charge in [0.25, 0.3) is 0 Å². The van der Waals surface area contributed by atoms with Crippen LogP contribution in [-0.2, 0) is 11.3 Å². The van der Waals surface area contributed by atoms with Crippen molar-refractivity contribution in [1.82, 2.24) is 25.0 Å². The van der Waals surface area contributed by atoms with E-state index in [9.17, 15) is 5.11 Å². The van der Waals surface area contributed by atoms with Crippen molar-refractivity contribution >= 4 is 17.0 Å². The maximum Gasteiger partial charge on any atom is 0.166 e. The van der Waals surface area contributed by atoms with Gasteiger partial charge in [0, 0.05) is 30.9 Å². The molecule has 170 valence electrons. The highest BCUT2D eigenvalue weighted by Crippen LogP contribution is 2.29. The fourth-order valence-corrected chi connectivity index (χ4v) is 3.89. The van der Waals surface area contributed by atoms with E-state index in [1.807, 2.05) is 12.4 Å². The van der Waals surface area contributed by atoms with Crippen LogP contribution >= 0.6 is 0 Å². The Balaban J connectivity index is 1.56. The van der Waals surface area contributed by atoms with Gasteiger partial charge in [0.1, 0.15) is 5.75 Å². The second-order valence-electron chi connectivity index (χ2n) is 8.01. The third-order valence-corrected chi connectivity index (χ3v) is 5.65. The van der Waals surface area contributed by atoms with Crippen LogP contribution in [0, 0.1) is 0 Å². The standard InChI is InChI=1S/C23H30N6O3/c1-17(27-31)7-4-2-3-5-10-29-16-24-20-22(28-11-13-32-14-12-28)25-21(26-23(20)29)18-8-6-9-19(30)15-18/h6,8-9,15-16,27,30-31H,1-5,7,10-14H2. The zero-order valence-corrected chi connectivity index (χ0v) is 18.2. The number of anilines is 1. The van der Waals surface area contributed by atoms with Gasteiger partial charge in [0.05, 0.1) is 19.5 Å². The number of benzene rings is 1. The Bertz CT molecular complexity index is 1060. The van der Waals surface area contributed by atoms with E-state index in [0.717, 1.165) is 74.3 Å². The summed E-state index contributed by atoms with van der Waals surface area (Å²) in [5.41, 5.74) is 5.12. The van der Waals surface area contributed by atoms with Crippen LogP contribution in [0.3, 0.4) is 0 Å². The third kappa shape index (κ3) is 5.17. The van der Waals surface area contributed by atoms with Crippen molar-refractivity contribution in [2.24, 2.45) is 0 Å². The highest BCUT2D eigenvalue weighted by Gasteiger charge is 2.21. The molecule has 0 unspecified atom stereocenters. The molecule has 32 heavy (non-hydrogen) atoms. The lowest BCUT2D eigenvalue weighted by molar-refractivity contribution is 0.122. The van der Waals surface area contributed by atoms with E-state index in [1.54, 1.807) is 18.2 Å². The lowest BCUT2D eigenvalue weighted by atomic mass is 10.1. The van der Waals surface area contributed by atoms with Gasteiger partial charge < -0.3 is 19.3 Å². The highest BCUT2D eigenvalue weighted by molar-refractivity contribution is 5.86. The van der Waals surface area contributed by atoms with Crippen LogP contribution in [0.15, 0.2) is 42.9 Å². The summed E-state index contributed by atoms with van der Waals surface area (Å²) in [5.74, 6) is 1.57. The number of hydrogen-bond acceptors (Lipinski definition) is 8. The van der Waals surface area contributed by atoms with Crippen molar-refractivity contribution in [2.45, 2.75) is 38.6 Å². The monoisotopic (exact) mass is 438 g/mol. The number of fused-ring (bicyclic) bond motifs is 1. The minimum absolute atomic E-state index is 0.187. The van der Waals surface area contributed by atoms with E-state index >= 15 is 0 Å². The smallest absolute Gasteiger partial charge is 0.166 e. The number of hydrogen-bond donors (Lipinski definition) is 3. The minimum atomic E-state index is 0.187. The Labute approximate surface area is 187 Å². The molecule has 1 aromatic carbocycles. The number of phenolic OH excluding ortho intramolecular Hbond substituents is 1. The normalized spacial score (nSPS) is 14.1. The molecule has 1 saturated heterocycles. The van der Waals surface area contributed by atoms with Gasteiger partial charge in [0.15, 0.2) is 22.8 Å². The van der Waals surface area contributed by atoms with Gasteiger partial charge in [0.2, 0.25) is 0 Å². The number of hydroxylamine groups is 1. The zero-order chi connectivity index (χ0) is 22.3. The molecule has 0 bridgehead atoms. The lowest BCUT2D eigenvalue weighted by Gasteiger charge is -2.28. The van der Waals surface area contributed by atoms with E-state index < -0.39 is 0 Å². The van der Waals surface area contributed by atoms with Crippen molar-refractivity contribution in [2.75, 3.05) is 31.2 Å². The highest BCUT2D eigenvalue weighted by atomic mass is 16.5. The second kappa shape index (κ2) is 10.4. The zero-order valence-electron chi connectivity index (χ0n) is 18.2. The fraction of sp³-hybridized carbons (Fsp3) is 0.435. The minimum Gasteiger partial charge on any atom is -0.508 e. The first-order valence-electron chi connectivity index (χ1n) is 11.1. The number of imidazole rings is 1. The molecule has 0 saturated carbocycles. The molecule has 3 N–H and O–H groups in total. The molecule has 3 aromatic rings. The molecule has 1 aliphatic rings. The van der Waals surface area contributed by atoms with Crippen LogP contribution in [0.4, 0.5) is 5.82 Å². The van der Waals surface area contributed by atoms with Gasteiger partial charge in [-0.3, -0.25) is 10.7 Å². The van der Waals surface area contributed by atoms with Crippen LogP contribution in [0.5, 0.6) is 5.75 Å². The summed E-state index contributed by atoms with van der Waals surface area (Å²) in [4.78, 5) is 16.5. The first-order chi connectivity index (χ1) is 15.7. The molecule has 0 radical (unpaired) electrons. The Hall–Kier alpha value is -3.17. The molecule has 0 amide bonds. The summed E-state index contributed by atoms with van der Waals surface area (Å²) >= 11 is 0. The van der Waals surface area contributed by atoms with Crippen molar-refractivity contribution in [3.63, 3.8) is 0 Å². The number of phenols is 1. The predicted octanol–water partition coefficient (Wildman–Crippen LogP) is 3.48. The largest absolute Gasteiger partial charge is 0.508 e. The van der Waals surface area contributed by atoms with E-state index in [1.165, 1.54) is 0 Å². The fourth-order valence-electron chi connectivity index (χ4n) is 3.89. The molecule has 0 spiro atoms. The molecule has 1 fully saturated rings. The lowest BCUT2D eigenvalue weighted by Crippen LogP contribution is -2.37. The van der Waals surface area contributed by atoms with Gasteiger partial charge in [-0.15, -0.1) is 0 Å². The maximum absolute atomic E-state index is 9.93. The number of unbranched alkanes of at least 4 members (excludes halogenated alkanes) is 3. The predicted molar refractivity (Wildman–Crippen MR) is 123 cm³/mol. The first-order valence-corrected chi connectivity index (χ1v) is 11.1. The molecule has 3 heterocycles. The number of rotatable bonds is 10. The number of allylic oxidation sites excluding steroid dienone is 1. The Morgan fingerprint density at radius 3 is 2.72 bits per heavy atom. The number of nitrogens with zero attached hydrogens (tertiary/aromatic N) is 5. The van der Waals surface area contributed by atoms with Gasteiger partial charge in [-0.2, -0.15) is 0 Å².